The molecule has 0 aliphatic heterocycles. The zero-order valence-corrected chi connectivity index (χ0v) is 9.60. The van der Waals surface area contributed by atoms with E-state index in [4.69, 9.17) is 11.0 Å². The molecule has 0 aromatic heterocycles. The molecule has 1 aromatic carbocycles. The molecule has 0 heterocycles. The third-order valence-electron chi connectivity index (χ3n) is 2.07. The Morgan fingerprint density at radius 3 is 3.00 bits per heavy atom. The van der Waals surface area contributed by atoms with Crippen molar-refractivity contribution in [2.45, 2.75) is 6.42 Å². The first-order chi connectivity index (χ1) is 7.29. The fraction of sp³-hybridized carbons (Fsp3) is 0.364. The van der Waals surface area contributed by atoms with Crippen LogP contribution in [0.1, 0.15) is 12.0 Å². The lowest BCUT2D eigenvalue weighted by atomic mass is 10.1. The van der Waals surface area contributed by atoms with Crippen LogP contribution in [0.25, 0.3) is 0 Å². The summed E-state index contributed by atoms with van der Waals surface area (Å²) in [5, 5.41) is 12.0. The lowest BCUT2D eigenvalue weighted by Gasteiger charge is -2.09. The Labute approximate surface area is 94.7 Å². The highest BCUT2D eigenvalue weighted by atomic mass is 32.2. The van der Waals surface area contributed by atoms with Gasteiger partial charge in [0.1, 0.15) is 6.07 Å². The quantitative estimate of drug-likeness (QED) is 0.591. The first-order valence-corrected chi connectivity index (χ1v) is 6.20. The van der Waals surface area contributed by atoms with E-state index in [1.54, 1.807) is 6.07 Å². The second kappa shape index (κ2) is 6.20. The first kappa shape index (κ1) is 11.7. The number of thioether (sulfide) groups is 1. The van der Waals surface area contributed by atoms with Gasteiger partial charge >= 0.3 is 0 Å². The van der Waals surface area contributed by atoms with E-state index in [1.807, 2.05) is 23.9 Å². The van der Waals surface area contributed by atoms with E-state index in [-0.39, 0.29) is 0 Å². The van der Waals surface area contributed by atoms with Crippen LogP contribution >= 0.6 is 11.8 Å². The maximum Gasteiger partial charge on any atom is 0.101 e. The number of nitrogens with two attached hydrogens (primary N) is 1. The zero-order chi connectivity index (χ0) is 11.1. The molecular weight excluding hydrogens is 206 g/mol. The van der Waals surface area contributed by atoms with Gasteiger partial charge in [-0.15, -0.1) is 0 Å². The predicted molar refractivity (Wildman–Crippen MR) is 67.1 cm³/mol. The molecule has 0 atom stereocenters. The van der Waals surface area contributed by atoms with E-state index in [0.717, 1.165) is 24.4 Å². The summed E-state index contributed by atoms with van der Waals surface area (Å²) in [6, 6.07) is 7.53. The summed E-state index contributed by atoms with van der Waals surface area (Å²) in [7, 11) is 0. The average Bonchev–Trinajstić information content (AvgIpc) is 2.26. The van der Waals surface area contributed by atoms with Gasteiger partial charge in [0.05, 0.1) is 16.9 Å². The van der Waals surface area contributed by atoms with Gasteiger partial charge in [0, 0.05) is 6.54 Å². The summed E-state index contributed by atoms with van der Waals surface area (Å²) >= 11 is 1.83. The molecule has 0 aliphatic carbocycles. The Hall–Kier alpha value is -1.34. The number of para-hydroxylation sites is 1. The van der Waals surface area contributed by atoms with E-state index in [1.165, 1.54) is 0 Å². The number of nitrogen functional groups attached to an aromatic ring is 1. The van der Waals surface area contributed by atoms with E-state index < -0.39 is 0 Å². The number of nitrogens with zero attached hydrogens (tertiary/aromatic N) is 1. The van der Waals surface area contributed by atoms with Crippen LogP contribution < -0.4 is 11.1 Å². The van der Waals surface area contributed by atoms with Crippen molar-refractivity contribution in [3.63, 3.8) is 0 Å². The van der Waals surface area contributed by atoms with Crippen LogP contribution in [0, 0.1) is 11.3 Å². The van der Waals surface area contributed by atoms with Gasteiger partial charge in [-0.3, -0.25) is 0 Å². The van der Waals surface area contributed by atoms with Crippen LogP contribution in [0.2, 0.25) is 0 Å². The van der Waals surface area contributed by atoms with Crippen molar-refractivity contribution in [2.24, 2.45) is 0 Å². The van der Waals surface area contributed by atoms with Crippen LogP contribution in [0.15, 0.2) is 18.2 Å². The lowest BCUT2D eigenvalue weighted by molar-refractivity contribution is 0.994. The average molecular weight is 221 g/mol. The Morgan fingerprint density at radius 1 is 1.53 bits per heavy atom. The number of nitriles is 1. The van der Waals surface area contributed by atoms with E-state index >= 15 is 0 Å². The molecular formula is C11H15N3S. The molecule has 0 radical (unpaired) electrons. The molecule has 1 aromatic rings. The van der Waals surface area contributed by atoms with Crippen LogP contribution in [0.3, 0.4) is 0 Å². The second-order valence-corrected chi connectivity index (χ2v) is 4.14. The molecule has 3 N–H and O–H groups in total. The monoisotopic (exact) mass is 221 g/mol. The summed E-state index contributed by atoms with van der Waals surface area (Å²) in [4.78, 5) is 0. The standard InChI is InChI=1S/C11H15N3S/c1-15-7-3-6-14-10-5-2-4-9(8-12)11(10)13/h2,4-5,14H,3,6-7,13H2,1H3. The smallest absolute Gasteiger partial charge is 0.101 e. The van der Waals surface area contributed by atoms with E-state index in [9.17, 15) is 0 Å². The Balaban J connectivity index is 2.58. The van der Waals surface area contributed by atoms with Crippen LogP contribution in [-0.4, -0.2) is 18.6 Å². The fourth-order valence-electron chi connectivity index (χ4n) is 1.26. The van der Waals surface area contributed by atoms with Crippen LogP contribution in [-0.2, 0) is 0 Å². The topological polar surface area (TPSA) is 61.8 Å². The van der Waals surface area contributed by atoms with Gasteiger partial charge in [0.15, 0.2) is 0 Å². The van der Waals surface area contributed by atoms with E-state index in [0.29, 0.717) is 11.3 Å². The Bertz CT molecular complexity index is 357. The Kier molecular flexibility index (Phi) is 4.85. The largest absolute Gasteiger partial charge is 0.396 e. The van der Waals surface area contributed by atoms with Crippen molar-refractivity contribution in [1.82, 2.24) is 0 Å². The number of anilines is 2. The van der Waals surface area contributed by atoms with Gasteiger partial charge in [-0.2, -0.15) is 17.0 Å². The maximum atomic E-state index is 8.79. The molecule has 0 saturated heterocycles. The van der Waals surface area contributed by atoms with Crippen molar-refractivity contribution in [3.8, 4) is 6.07 Å². The van der Waals surface area contributed by atoms with Crippen molar-refractivity contribution in [1.29, 1.82) is 5.26 Å². The van der Waals surface area contributed by atoms with Crippen molar-refractivity contribution in [3.05, 3.63) is 23.8 Å². The van der Waals surface area contributed by atoms with Gasteiger partial charge in [-0.1, -0.05) is 6.07 Å². The molecule has 80 valence electrons. The minimum atomic E-state index is 0.532. The minimum absolute atomic E-state index is 0.532. The highest BCUT2D eigenvalue weighted by Crippen LogP contribution is 2.21. The van der Waals surface area contributed by atoms with Crippen molar-refractivity contribution >= 4 is 23.1 Å². The normalized spacial score (nSPS) is 9.60. The van der Waals surface area contributed by atoms with Crippen molar-refractivity contribution in [2.75, 3.05) is 29.6 Å². The molecule has 1 rings (SSSR count). The number of hydrogen-bond acceptors (Lipinski definition) is 4. The second-order valence-electron chi connectivity index (χ2n) is 3.15. The zero-order valence-electron chi connectivity index (χ0n) is 8.79. The van der Waals surface area contributed by atoms with Gasteiger partial charge in [-0.25, -0.2) is 0 Å². The third kappa shape index (κ3) is 3.37. The predicted octanol–water partition coefficient (Wildman–Crippen LogP) is 2.31. The minimum Gasteiger partial charge on any atom is -0.396 e. The summed E-state index contributed by atoms with van der Waals surface area (Å²) in [5.74, 6) is 1.13. The van der Waals surface area contributed by atoms with Gasteiger partial charge in [-0.05, 0) is 30.6 Å². The number of hydrogen-bond donors (Lipinski definition) is 2. The molecule has 0 fully saturated rings. The molecule has 0 bridgehead atoms. The molecule has 0 unspecified atom stereocenters. The van der Waals surface area contributed by atoms with Crippen molar-refractivity contribution < 1.29 is 0 Å². The Morgan fingerprint density at radius 2 is 2.33 bits per heavy atom. The highest BCUT2D eigenvalue weighted by Gasteiger charge is 2.02. The molecule has 15 heavy (non-hydrogen) atoms. The summed E-state index contributed by atoms with van der Waals surface area (Å²) in [6.45, 7) is 0.889. The number of rotatable bonds is 5. The first-order valence-electron chi connectivity index (χ1n) is 4.81. The lowest BCUT2D eigenvalue weighted by Crippen LogP contribution is -2.05. The molecule has 0 aliphatic rings. The summed E-state index contributed by atoms with van der Waals surface area (Å²) in [5.41, 5.74) is 7.75. The number of nitrogens with one attached hydrogen (secondary N) is 1. The molecule has 3 nitrogen and oxygen atoms in total. The molecule has 0 spiro atoms. The van der Waals surface area contributed by atoms with Gasteiger partial charge < -0.3 is 11.1 Å². The molecule has 0 saturated carbocycles. The number of benzene rings is 1. The molecule has 4 heteroatoms. The third-order valence-corrected chi connectivity index (χ3v) is 2.76. The van der Waals surface area contributed by atoms with Gasteiger partial charge in [0.25, 0.3) is 0 Å². The van der Waals surface area contributed by atoms with Crippen LogP contribution in [0.4, 0.5) is 11.4 Å². The SMILES string of the molecule is CSCCCNc1cccc(C#N)c1N. The maximum absolute atomic E-state index is 8.79. The van der Waals surface area contributed by atoms with Crippen LogP contribution in [0.5, 0.6) is 0 Å². The highest BCUT2D eigenvalue weighted by molar-refractivity contribution is 7.98. The summed E-state index contributed by atoms with van der Waals surface area (Å²) in [6.07, 6.45) is 3.18. The molecule has 0 amide bonds. The fourth-order valence-corrected chi connectivity index (χ4v) is 1.69. The van der Waals surface area contributed by atoms with E-state index in [2.05, 4.69) is 17.6 Å². The summed E-state index contributed by atoms with van der Waals surface area (Å²) < 4.78 is 0. The van der Waals surface area contributed by atoms with Gasteiger partial charge in [0.2, 0.25) is 0 Å².